The van der Waals surface area contributed by atoms with Crippen LogP contribution in [0, 0.1) is 6.92 Å². The van der Waals surface area contributed by atoms with E-state index in [1.807, 2.05) is 6.92 Å². The smallest absolute Gasteiger partial charge is 0.422 e. The third-order valence-corrected chi connectivity index (χ3v) is 4.29. The van der Waals surface area contributed by atoms with Crippen LogP contribution in [0.1, 0.15) is 23.9 Å². The van der Waals surface area contributed by atoms with E-state index >= 15 is 0 Å². The minimum Gasteiger partial charge on any atom is -0.484 e. The van der Waals surface area contributed by atoms with Crippen LogP contribution in [0.3, 0.4) is 0 Å². The fourth-order valence-corrected chi connectivity index (χ4v) is 2.94. The van der Waals surface area contributed by atoms with Gasteiger partial charge in [0.2, 0.25) is 0 Å². The van der Waals surface area contributed by atoms with E-state index in [0.717, 1.165) is 12.1 Å². The van der Waals surface area contributed by atoms with Crippen molar-refractivity contribution in [2.24, 2.45) is 0 Å². The maximum absolute atomic E-state index is 12.3. The first-order valence-electron chi connectivity index (χ1n) is 6.86. The normalized spacial score (nSPS) is 13.1. The summed E-state index contributed by atoms with van der Waals surface area (Å²) in [6.07, 6.45) is -0.729. The monoisotopic (exact) mass is 347 g/mol. The predicted molar refractivity (Wildman–Crippen MR) is 78.6 cm³/mol. The molecule has 0 aliphatic heterocycles. The summed E-state index contributed by atoms with van der Waals surface area (Å²) in [6, 6.07) is 1.36. The molecule has 0 radical (unpaired) electrons. The highest BCUT2D eigenvalue weighted by Gasteiger charge is 2.29. The number of alkyl halides is 3. The molecule has 2 heterocycles. The summed E-state index contributed by atoms with van der Waals surface area (Å²) in [5, 5.41) is 0.324. The van der Waals surface area contributed by atoms with Gasteiger partial charge in [-0.05, 0) is 19.4 Å². The fraction of sp³-hybridized carbons (Fsp3) is 0.429. The van der Waals surface area contributed by atoms with Crippen molar-refractivity contribution in [3.05, 3.63) is 35.4 Å². The zero-order valence-electron chi connectivity index (χ0n) is 12.6. The first-order chi connectivity index (χ1) is 10.8. The molecule has 2 aromatic heterocycles. The first-order valence-corrected chi connectivity index (χ1v) is 8.18. The number of aromatic amines is 1. The van der Waals surface area contributed by atoms with E-state index in [1.165, 1.54) is 12.3 Å². The van der Waals surface area contributed by atoms with Gasteiger partial charge in [0.15, 0.2) is 11.8 Å². The average Bonchev–Trinajstić information content (AvgIpc) is 2.96. The van der Waals surface area contributed by atoms with Gasteiger partial charge in [0, 0.05) is 23.7 Å². The first kappa shape index (κ1) is 17.5. The Balaban J connectivity index is 2.12. The molecule has 2 rings (SSSR count). The van der Waals surface area contributed by atoms with Gasteiger partial charge in [-0.2, -0.15) is 13.2 Å². The predicted octanol–water partition coefficient (Wildman–Crippen LogP) is 2.92. The van der Waals surface area contributed by atoms with Crippen molar-refractivity contribution in [3.63, 3.8) is 0 Å². The summed E-state index contributed by atoms with van der Waals surface area (Å²) in [6.45, 7) is 2.15. The molecule has 23 heavy (non-hydrogen) atoms. The van der Waals surface area contributed by atoms with E-state index in [4.69, 9.17) is 4.74 Å². The van der Waals surface area contributed by atoms with Crippen LogP contribution in [-0.4, -0.2) is 31.9 Å². The molecule has 0 fully saturated rings. The van der Waals surface area contributed by atoms with E-state index in [9.17, 15) is 17.4 Å². The number of ether oxygens (including phenoxy) is 1. The molecule has 1 N–H and O–H groups in total. The molecular weight excluding hydrogens is 331 g/mol. The summed E-state index contributed by atoms with van der Waals surface area (Å²) in [5.74, 6) is 0.129. The lowest BCUT2D eigenvalue weighted by atomic mass is 10.2. The number of hydrogen-bond donors (Lipinski definition) is 1. The lowest BCUT2D eigenvalue weighted by Crippen LogP contribution is -2.20. The van der Waals surface area contributed by atoms with Crippen molar-refractivity contribution < 1.29 is 22.1 Å². The van der Waals surface area contributed by atoms with Crippen LogP contribution < -0.4 is 4.74 Å². The Morgan fingerprint density at radius 3 is 2.70 bits per heavy atom. The summed E-state index contributed by atoms with van der Waals surface area (Å²) in [4.78, 5) is 11.1. The molecule has 0 spiro atoms. The molecule has 1 atom stereocenters. The van der Waals surface area contributed by atoms with Gasteiger partial charge in [0.05, 0.1) is 22.2 Å². The number of aromatic nitrogens is 3. The van der Waals surface area contributed by atoms with Crippen LogP contribution in [0.4, 0.5) is 13.2 Å². The minimum absolute atomic E-state index is 0.0473. The lowest BCUT2D eigenvalue weighted by Gasteiger charge is -2.13. The highest BCUT2D eigenvalue weighted by molar-refractivity contribution is 7.84. The number of aryl methyl sites for hydroxylation is 1. The average molecular weight is 347 g/mol. The Hall–Kier alpha value is -1.90. The number of H-pyrrole nitrogens is 1. The summed E-state index contributed by atoms with van der Waals surface area (Å²) in [7, 11) is -1.46. The van der Waals surface area contributed by atoms with Gasteiger partial charge in [-0.1, -0.05) is 6.92 Å². The number of halogens is 3. The van der Waals surface area contributed by atoms with E-state index in [1.54, 1.807) is 13.1 Å². The molecule has 0 bridgehead atoms. The molecule has 0 saturated heterocycles. The largest absolute Gasteiger partial charge is 0.484 e. The maximum atomic E-state index is 12.3. The van der Waals surface area contributed by atoms with Gasteiger partial charge >= 0.3 is 6.18 Å². The lowest BCUT2D eigenvalue weighted by molar-refractivity contribution is -0.153. The Kier molecular flexibility index (Phi) is 5.40. The summed E-state index contributed by atoms with van der Waals surface area (Å²) in [5.41, 5.74) is 1.71. The van der Waals surface area contributed by atoms with Crippen LogP contribution in [0.2, 0.25) is 0 Å². The number of pyridine rings is 1. The highest BCUT2D eigenvalue weighted by Crippen LogP contribution is 2.24. The molecule has 0 aromatic carbocycles. The summed E-state index contributed by atoms with van der Waals surface area (Å²) >= 11 is 0. The second-order valence-corrected chi connectivity index (χ2v) is 6.21. The standard InChI is InChI=1S/C14H16F3N3O2S/c1-3-10-6-19-13(20-10)23(21)7-11-9(2)12(4-5-18-11)22-8-14(15,16)17/h4-6H,3,7-8H2,1-2H3,(H,19,20). The van der Waals surface area contributed by atoms with Crippen molar-refractivity contribution in [2.45, 2.75) is 37.4 Å². The Bertz CT molecular complexity index is 701. The quantitative estimate of drug-likeness (QED) is 0.872. The number of hydrogen-bond acceptors (Lipinski definition) is 4. The SMILES string of the molecule is CCc1cnc(S(=O)Cc2nccc(OCC(F)(F)F)c2C)[nH]1. The third kappa shape index (κ3) is 4.78. The topological polar surface area (TPSA) is 67.9 Å². The number of imidazole rings is 1. The molecule has 0 aliphatic carbocycles. The van der Waals surface area contributed by atoms with E-state index in [-0.39, 0.29) is 11.5 Å². The Morgan fingerprint density at radius 2 is 2.09 bits per heavy atom. The molecule has 9 heteroatoms. The zero-order valence-corrected chi connectivity index (χ0v) is 13.4. The fourth-order valence-electron chi connectivity index (χ4n) is 1.85. The van der Waals surface area contributed by atoms with Gasteiger partial charge in [0.25, 0.3) is 0 Å². The Labute approximate surface area is 133 Å². The van der Waals surface area contributed by atoms with Crippen molar-refractivity contribution in [1.82, 2.24) is 15.0 Å². The van der Waals surface area contributed by atoms with Crippen LogP contribution >= 0.6 is 0 Å². The van der Waals surface area contributed by atoms with E-state index in [0.29, 0.717) is 16.4 Å². The van der Waals surface area contributed by atoms with Gasteiger partial charge in [-0.3, -0.25) is 9.19 Å². The maximum Gasteiger partial charge on any atom is 0.422 e. The van der Waals surface area contributed by atoms with Crippen molar-refractivity contribution in [2.75, 3.05) is 6.61 Å². The Morgan fingerprint density at radius 1 is 1.35 bits per heavy atom. The molecule has 5 nitrogen and oxygen atoms in total. The van der Waals surface area contributed by atoms with Gasteiger partial charge in [0.1, 0.15) is 5.75 Å². The number of nitrogens with zero attached hydrogens (tertiary/aromatic N) is 2. The minimum atomic E-state index is -4.41. The molecular formula is C14H16F3N3O2S. The van der Waals surface area contributed by atoms with Gasteiger partial charge in [-0.15, -0.1) is 0 Å². The van der Waals surface area contributed by atoms with Crippen LogP contribution in [0.15, 0.2) is 23.6 Å². The molecule has 2 aromatic rings. The molecule has 1 unspecified atom stereocenters. The van der Waals surface area contributed by atoms with Gasteiger partial charge in [-0.25, -0.2) is 4.98 Å². The molecule has 0 amide bonds. The zero-order chi connectivity index (χ0) is 17.0. The molecule has 0 saturated carbocycles. The number of rotatable bonds is 6. The number of nitrogens with one attached hydrogen (secondary N) is 1. The second-order valence-electron chi connectivity index (χ2n) is 4.84. The van der Waals surface area contributed by atoms with Crippen molar-refractivity contribution in [1.29, 1.82) is 0 Å². The van der Waals surface area contributed by atoms with Crippen LogP contribution in [0.5, 0.6) is 5.75 Å². The third-order valence-electron chi connectivity index (χ3n) is 3.12. The second kappa shape index (κ2) is 7.12. The summed E-state index contributed by atoms with van der Waals surface area (Å²) < 4.78 is 53.8. The highest BCUT2D eigenvalue weighted by atomic mass is 32.2. The van der Waals surface area contributed by atoms with Crippen LogP contribution in [-0.2, 0) is 23.0 Å². The molecule has 0 aliphatic rings. The van der Waals surface area contributed by atoms with Crippen LogP contribution in [0.25, 0.3) is 0 Å². The van der Waals surface area contributed by atoms with E-state index < -0.39 is 23.6 Å². The van der Waals surface area contributed by atoms with Gasteiger partial charge < -0.3 is 9.72 Å². The van der Waals surface area contributed by atoms with E-state index in [2.05, 4.69) is 15.0 Å². The van der Waals surface area contributed by atoms with Crippen molar-refractivity contribution >= 4 is 10.8 Å². The van der Waals surface area contributed by atoms with Crippen molar-refractivity contribution in [3.8, 4) is 5.75 Å². The molecule has 126 valence electrons.